The minimum atomic E-state index is -0.711. The molecule has 4 rings (SSSR count). The van der Waals surface area contributed by atoms with Gasteiger partial charge in [0.25, 0.3) is 0 Å². The second-order valence-electron chi connectivity index (χ2n) is 6.29. The molecule has 0 spiro atoms. The first-order valence-corrected chi connectivity index (χ1v) is 8.60. The van der Waals surface area contributed by atoms with Crippen LogP contribution in [0.2, 0.25) is 0 Å². The summed E-state index contributed by atoms with van der Waals surface area (Å²) in [6.07, 6.45) is 1.73. The zero-order chi connectivity index (χ0) is 18.8. The SMILES string of the molecule is COc1cccc(NC(C(=O)c2c[nH]c3ccccc23)c2cc(C)no2)c1. The Kier molecular flexibility index (Phi) is 4.38. The van der Waals surface area contributed by atoms with Gasteiger partial charge in [-0.1, -0.05) is 29.4 Å². The van der Waals surface area contributed by atoms with Crippen LogP contribution in [-0.4, -0.2) is 23.0 Å². The van der Waals surface area contributed by atoms with Gasteiger partial charge in [-0.05, 0) is 25.1 Å². The van der Waals surface area contributed by atoms with E-state index < -0.39 is 6.04 Å². The number of methoxy groups -OCH3 is 1. The number of nitrogens with one attached hydrogen (secondary N) is 2. The maximum absolute atomic E-state index is 13.4. The highest BCUT2D eigenvalue weighted by Gasteiger charge is 2.28. The molecule has 0 aliphatic heterocycles. The molecule has 1 atom stereocenters. The van der Waals surface area contributed by atoms with E-state index >= 15 is 0 Å². The predicted molar refractivity (Wildman–Crippen MR) is 103 cm³/mol. The van der Waals surface area contributed by atoms with E-state index in [1.54, 1.807) is 19.4 Å². The van der Waals surface area contributed by atoms with Gasteiger partial charge in [0, 0.05) is 40.5 Å². The minimum Gasteiger partial charge on any atom is -0.497 e. The quantitative estimate of drug-likeness (QED) is 0.494. The molecule has 0 aliphatic carbocycles. The van der Waals surface area contributed by atoms with Gasteiger partial charge in [0.2, 0.25) is 0 Å². The summed E-state index contributed by atoms with van der Waals surface area (Å²) in [5.41, 5.74) is 2.98. The second-order valence-corrected chi connectivity index (χ2v) is 6.29. The first kappa shape index (κ1) is 16.9. The lowest BCUT2D eigenvalue weighted by atomic mass is 10.0. The van der Waals surface area contributed by atoms with E-state index in [0.717, 1.165) is 16.6 Å². The van der Waals surface area contributed by atoms with Crippen LogP contribution in [0.4, 0.5) is 5.69 Å². The number of aromatic nitrogens is 2. The van der Waals surface area contributed by atoms with Crippen molar-refractivity contribution in [3.05, 3.63) is 77.8 Å². The molecule has 27 heavy (non-hydrogen) atoms. The lowest BCUT2D eigenvalue weighted by Gasteiger charge is -2.16. The highest BCUT2D eigenvalue weighted by Crippen LogP contribution is 2.29. The number of hydrogen-bond acceptors (Lipinski definition) is 5. The van der Waals surface area contributed by atoms with Crippen molar-refractivity contribution in [1.29, 1.82) is 0 Å². The van der Waals surface area contributed by atoms with E-state index in [2.05, 4.69) is 15.5 Å². The van der Waals surface area contributed by atoms with Gasteiger partial charge in [0.15, 0.2) is 17.6 Å². The van der Waals surface area contributed by atoms with Crippen LogP contribution < -0.4 is 10.1 Å². The number of ether oxygens (including phenoxy) is 1. The van der Waals surface area contributed by atoms with Crippen LogP contribution in [0.3, 0.4) is 0 Å². The van der Waals surface area contributed by atoms with Crippen LogP contribution in [0.1, 0.15) is 27.9 Å². The summed E-state index contributed by atoms with van der Waals surface area (Å²) in [5, 5.41) is 8.07. The van der Waals surface area contributed by atoms with Gasteiger partial charge in [0.05, 0.1) is 12.8 Å². The van der Waals surface area contributed by atoms with Crippen molar-refractivity contribution in [3.63, 3.8) is 0 Å². The summed E-state index contributed by atoms with van der Waals surface area (Å²) in [6, 6.07) is 16.2. The Balaban J connectivity index is 1.74. The number of anilines is 1. The van der Waals surface area contributed by atoms with Gasteiger partial charge in [-0.25, -0.2) is 0 Å². The number of H-pyrrole nitrogens is 1. The average molecular weight is 361 g/mol. The molecule has 0 aliphatic rings. The smallest absolute Gasteiger partial charge is 0.195 e. The van der Waals surface area contributed by atoms with Crippen LogP contribution in [0, 0.1) is 6.92 Å². The van der Waals surface area contributed by atoms with Gasteiger partial charge in [0.1, 0.15) is 5.75 Å². The van der Waals surface area contributed by atoms with Crippen molar-refractivity contribution in [2.24, 2.45) is 0 Å². The summed E-state index contributed by atoms with van der Waals surface area (Å²) in [4.78, 5) is 16.5. The van der Waals surface area contributed by atoms with Crippen LogP contribution >= 0.6 is 0 Å². The zero-order valence-corrected chi connectivity index (χ0v) is 15.0. The number of carbonyl (C=O) groups excluding carboxylic acids is 1. The Morgan fingerprint density at radius 2 is 2.04 bits per heavy atom. The van der Waals surface area contributed by atoms with Crippen molar-refractivity contribution in [2.75, 3.05) is 12.4 Å². The molecule has 0 radical (unpaired) electrons. The van der Waals surface area contributed by atoms with Crippen molar-refractivity contribution in [3.8, 4) is 5.75 Å². The summed E-state index contributed by atoms with van der Waals surface area (Å²) in [5.74, 6) is 1.06. The Bertz CT molecular complexity index is 1100. The largest absolute Gasteiger partial charge is 0.497 e. The Labute approximate surface area is 156 Å². The Hall–Kier alpha value is -3.54. The van der Waals surface area contributed by atoms with Crippen LogP contribution in [0.5, 0.6) is 5.75 Å². The normalized spacial score (nSPS) is 12.1. The number of benzene rings is 2. The lowest BCUT2D eigenvalue weighted by molar-refractivity contribution is 0.0959. The molecule has 4 aromatic rings. The van der Waals surface area contributed by atoms with Gasteiger partial charge >= 0.3 is 0 Å². The molecular formula is C21H19N3O3. The van der Waals surface area contributed by atoms with E-state index in [1.165, 1.54) is 0 Å². The van der Waals surface area contributed by atoms with E-state index in [4.69, 9.17) is 9.26 Å². The van der Waals surface area contributed by atoms with E-state index in [0.29, 0.717) is 22.8 Å². The predicted octanol–water partition coefficient (Wildman–Crippen LogP) is 4.51. The van der Waals surface area contributed by atoms with Crippen molar-refractivity contribution >= 4 is 22.4 Å². The van der Waals surface area contributed by atoms with Crippen LogP contribution in [-0.2, 0) is 0 Å². The number of Topliss-reactive ketones (excluding diaryl/α,β-unsaturated/α-hetero) is 1. The van der Waals surface area contributed by atoms with Gasteiger partial charge < -0.3 is 19.6 Å². The number of para-hydroxylation sites is 1. The molecule has 136 valence electrons. The fourth-order valence-electron chi connectivity index (χ4n) is 3.10. The third-order valence-corrected chi connectivity index (χ3v) is 4.43. The number of aryl methyl sites for hydroxylation is 1. The standard InChI is InChI=1S/C21H19N3O3/c1-13-10-19(27-24-13)20(23-14-6-5-7-15(11-14)26-2)21(25)17-12-22-18-9-4-3-8-16(17)18/h3-12,20,22-23H,1-2H3. The molecule has 0 saturated heterocycles. The maximum atomic E-state index is 13.4. The van der Waals surface area contributed by atoms with E-state index in [1.807, 2.05) is 55.5 Å². The highest BCUT2D eigenvalue weighted by molar-refractivity contribution is 6.11. The fourth-order valence-corrected chi connectivity index (χ4v) is 3.10. The molecule has 2 N–H and O–H groups in total. The third-order valence-electron chi connectivity index (χ3n) is 4.43. The minimum absolute atomic E-state index is 0.105. The Morgan fingerprint density at radius 1 is 1.19 bits per heavy atom. The zero-order valence-electron chi connectivity index (χ0n) is 15.0. The van der Waals surface area contributed by atoms with Gasteiger partial charge in [-0.2, -0.15) is 0 Å². The highest BCUT2D eigenvalue weighted by atomic mass is 16.5. The van der Waals surface area contributed by atoms with Gasteiger partial charge in [-0.15, -0.1) is 0 Å². The molecule has 2 heterocycles. The number of nitrogens with zero attached hydrogens (tertiary/aromatic N) is 1. The summed E-state index contributed by atoms with van der Waals surface area (Å²) >= 11 is 0. The number of ketones is 1. The number of rotatable bonds is 6. The second kappa shape index (κ2) is 6.99. The topological polar surface area (TPSA) is 80.1 Å². The summed E-state index contributed by atoms with van der Waals surface area (Å²) in [6.45, 7) is 1.83. The van der Waals surface area contributed by atoms with Crippen molar-refractivity contribution in [1.82, 2.24) is 10.1 Å². The third kappa shape index (κ3) is 3.29. The number of hydrogen-bond donors (Lipinski definition) is 2. The average Bonchev–Trinajstić information content (AvgIpc) is 3.32. The monoisotopic (exact) mass is 361 g/mol. The lowest BCUT2D eigenvalue weighted by Crippen LogP contribution is -2.20. The van der Waals surface area contributed by atoms with Crippen LogP contribution in [0.15, 0.2) is 65.3 Å². The number of fused-ring (bicyclic) bond motifs is 1. The molecule has 1 unspecified atom stereocenters. The first-order valence-electron chi connectivity index (χ1n) is 8.60. The molecular weight excluding hydrogens is 342 g/mol. The summed E-state index contributed by atoms with van der Waals surface area (Å²) < 4.78 is 10.7. The molecule has 0 amide bonds. The van der Waals surface area contributed by atoms with E-state index in [-0.39, 0.29) is 5.78 Å². The van der Waals surface area contributed by atoms with Gasteiger partial charge in [-0.3, -0.25) is 4.79 Å². The molecule has 6 heteroatoms. The first-order chi connectivity index (χ1) is 13.2. The fraction of sp³-hybridized carbons (Fsp3) is 0.143. The Morgan fingerprint density at radius 3 is 2.81 bits per heavy atom. The molecule has 6 nitrogen and oxygen atoms in total. The molecule has 0 bridgehead atoms. The van der Waals surface area contributed by atoms with Crippen molar-refractivity contribution < 1.29 is 14.1 Å². The summed E-state index contributed by atoms with van der Waals surface area (Å²) in [7, 11) is 1.60. The van der Waals surface area contributed by atoms with Crippen molar-refractivity contribution in [2.45, 2.75) is 13.0 Å². The number of aromatic amines is 1. The molecule has 0 saturated carbocycles. The molecule has 0 fully saturated rings. The number of carbonyl (C=O) groups is 1. The molecule has 2 aromatic heterocycles. The van der Waals surface area contributed by atoms with E-state index in [9.17, 15) is 4.79 Å². The molecule has 2 aromatic carbocycles. The maximum Gasteiger partial charge on any atom is 0.195 e. The van der Waals surface area contributed by atoms with Crippen LogP contribution in [0.25, 0.3) is 10.9 Å².